The van der Waals surface area contributed by atoms with Crippen molar-refractivity contribution >= 4 is 26.6 Å². The lowest BCUT2D eigenvalue weighted by Crippen LogP contribution is -2.34. The fraction of sp³-hybridized carbons (Fsp3) is 0.583. The number of fused-ring (bicyclic) bond motifs is 1. The van der Waals surface area contributed by atoms with E-state index in [1.807, 2.05) is 12.1 Å². The second-order valence-electron chi connectivity index (χ2n) is 9.70. The molecule has 30 heavy (non-hydrogen) atoms. The number of benzene rings is 1. The number of aryl methyl sites for hydroxylation is 1. The molecule has 0 aliphatic heterocycles. The molecule has 6 heteroatoms. The van der Waals surface area contributed by atoms with Crippen LogP contribution in [-0.2, 0) is 16.3 Å². The van der Waals surface area contributed by atoms with E-state index in [1.54, 1.807) is 32.9 Å². The SMILES string of the molecule is CC(=O)c1cc2cc(CCC3CCC(CS(=O)(=O)C(C)(C)C)CC3)ccc2oc1=O. The molecule has 0 amide bonds. The van der Waals surface area contributed by atoms with Crippen molar-refractivity contribution in [3.05, 3.63) is 45.8 Å². The van der Waals surface area contributed by atoms with E-state index in [0.717, 1.165) is 49.5 Å². The summed E-state index contributed by atoms with van der Waals surface area (Å²) >= 11 is 0. The first-order valence-electron chi connectivity index (χ1n) is 10.8. The Hall–Kier alpha value is -1.95. The van der Waals surface area contributed by atoms with Crippen molar-refractivity contribution in [3.63, 3.8) is 0 Å². The molecule has 0 N–H and O–H groups in total. The minimum atomic E-state index is -3.06. The van der Waals surface area contributed by atoms with Crippen LogP contribution >= 0.6 is 0 Å². The van der Waals surface area contributed by atoms with Gasteiger partial charge in [-0.15, -0.1) is 0 Å². The van der Waals surface area contributed by atoms with Crippen molar-refractivity contribution in [3.8, 4) is 0 Å². The van der Waals surface area contributed by atoms with Crippen molar-refractivity contribution in [1.29, 1.82) is 0 Å². The molecule has 2 aromatic rings. The molecule has 1 heterocycles. The summed E-state index contributed by atoms with van der Waals surface area (Å²) in [4.78, 5) is 23.4. The average Bonchev–Trinajstić information content (AvgIpc) is 2.65. The summed E-state index contributed by atoms with van der Waals surface area (Å²) in [6.07, 6.45) is 6.07. The second kappa shape index (κ2) is 8.66. The highest BCUT2D eigenvalue weighted by Gasteiger charge is 2.33. The van der Waals surface area contributed by atoms with Crippen molar-refractivity contribution in [2.45, 2.75) is 71.0 Å². The van der Waals surface area contributed by atoms with E-state index >= 15 is 0 Å². The quantitative estimate of drug-likeness (QED) is 0.477. The molecule has 1 aromatic heterocycles. The van der Waals surface area contributed by atoms with Gasteiger partial charge in [-0.3, -0.25) is 4.79 Å². The standard InChI is InChI=1S/C24H32O5S/c1-16(25)21-14-20-13-18(11-12-22(20)29-23(21)26)8-5-17-6-9-19(10-7-17)15-30(27,28)24(2,3)4/h11-14,17,19H,5-10,15H2,1-4H3. The third-order valence-corrected chi connectivity index (χ3v) is 9.15. The van der Waals surface area contributed by atoms with E-state index in [2.05, 4.69) is 0 Å². The lowest BCUT2D eigenvalue weighted by atomic mass is 9.80. The van der Waals surface area contributed by atoms with Gasteiger partial charge >= 0.3 is 5.63 Å². The molecule has 1 aromatic carbocycles. The molecule has 3 rings (SSSR count). The zero-order valence-corrected chi connectivity index (χ0v) is 19.2. The Bertz CT molecular complexity index is 1080. The van der Waals surface area contributed by atoms with Gasteiger partial charge in [0.1, 0.15) is 11.1 Å². The smallest absolute Gasteiger partial charge is 0.347 e. The molecule has 0 bridgehead atoms. The van der Waals surface area contributed by atoms with Gasteiger partial charge in [0, 0.05) is 5.39 Å². The molecule has 0 spiro atoms. The van der Waals surface area contributed by atoms with Crippen LogP contribution in [0, 0.1) is 11.8 Å². The van der Waals surface area contributed by atoms with Crippen LogP contribution in [-0.4, -0.2) is 24.7 Å². The topological polar surface area (TPSA) is 81.4 Å². The second-order valence-corrected chi connectivity index (χ2v) is 12.5. The Morgan fingerprint density at radius 1 is 1.07 bits per heavy atom. The monoisotopic (exact) mass is 432 g/mol. The summed E-state index contributed by atoms with van der Waals surface area (Å²) in [6, 6.07) is 7.38. The number of Topliss-reactive ketones (excluding diaryl/α,β-unsaturated/α-hetero) is 1. The minimum absolute atomic E-state index is 0.0863. The first-order valence-corrected chi connectivity index (χ1v) is 12.4. The van der Waals surface area contributed by atoms with Crippen molar-refractivity contribution < 1.29 is 17.6 Å². The van der Waals surface area contributed by atoms with Gasteiger partial charge in [-0.2, -0.15) is 0 Å². The first-order chi connectivity index (χ1) is 14.0. The molecule has 0 radical (unpaired) electrons. The molecule has 164 valence electrons. The van der Waals surface area contributed by atoms with Crippen LogP contribution < -0.4 is 5.63 Å². The molecule has 1 saturated carbocycles. The van der Waals surface area contributed by atoms with Gasteiger partial charge < -0.3 is 4.42 Å². The Labute approximate surface area is 178 Å². The summed E-state index contributed by atoms with van der Waals surface area (Å²) in [5.74, 6) is 0.897. The Kier molecular flexibility index (Phi) is 6.56. The van der Waals surface area contributed by atoms with Gasteiger partial charge in [0.05, 0.1) is 10.5 Å². The third-order valence-electron chi connectivity index (χ3n) is 6.37. The molecule has 1 fully saturated rings. The number of ketones is 1. The predicted molar refractivity (Wildman–Crippen MR) is 120 cm³/mol. The lowest BCUT2D eigenvalue weighted by Gasteiger charge is -2.30. The Balaban J connectivity index is 1.58. The predicted octanol–water partition coefficient (Wildman–Crippen LogP) is 4.95. The molecular formula is C24H32O5S. The normalized spacial score (nSPS) is 20.4. The molecule has 0 atom stereocenters. The summed E-state index contributed by atoms with van der Waals surface area (Å²) < 4.78 is 29.5. The summed E-state index contributed by atoms with van der Waals surface area (Å²) in [5.41, 5.74) is 1.15. The average molecular weight is 433 g/mol. The van der Waals surface area contributed by atoms with Crippen LogP contribution in [0.1, 0.15) is 75.7 Å². The summed E-state index contributed by atoms with van der Waals surface area (Å²) in [6.45, 7) is 6.71. The highest BCUT2D eigenvalue weighted by Crippen LogP contribution is 2.34. The lowest BCUT2D eigenvalue weighted by molar-refractivity contribution is 0.101. The Morgan fingerprint density at radius 3 is 2.30 bits per heavy atom. The number of carbonyl (C=O) groups is 1. The van der Waals surface area contributed by atoms with Gasteiger partial charge in [-0.1, -0.05) is 18.9 Å². The number of sulfone groups is 1. The fourth-order valence-electron chi connectivity index (χ4n) is 4.19. The van der Waals surface area contributed by atoms with Crippen LogP contribution in [0.15, 0.2) is 33.5 Å². The highest BCUT2D eigenvalue weighted by atomic mass is 32.2. The van der Waals surface area contributed by atoms with E-state index in [-0.39, 0.29) is 17.3 Å². The number of carbonyl (C=O) groups excluding carboxylic acids is 1. The molecule has 5 nitrogen and oxygen atoms in total. The largest absolute Gasteiger partial charge is 0.422 e. The fourth-order valence-corrected chi connectivity index (χ4v) is 5.65. The van der Waals surface area contributed by atoms with E-state index < -0.39 is 20.2 Å². The van der Waals surface area contributed by atoms with Crippen molar-refractivity contribution in [1.82, 2.24) is 0 Å². The molecule has 0 unspecified atom stereocenters. The maximum absolute atomic E-state index is 12.5. The van der Waals surface area contributed by atoms with Crippen LogP contribution in [0.2, 0.25) is 0 Å². The zero-order valence-electron chi connectivity index (χ0n) is 18.4. The van der Waals surface area contributed by atoms with Crippen LogP contribution in [0.4, 0.5) is 0 Å². The minimum Gasteiger partial charge on any atom is -0.422 e. The zero-order chi connectivity index (χ0) is 22.1. The van der Waals surface area contributed by atoms with Crippen LogP contribution in [0.5, 0.6) is 0 Å². The highest BCUT2D eigenvalue weighted by molar-refractivity contribution is 7.92. The molecule has 1 aliphatic rings. The van der Waals surface area contributed by atoms with Crippen LogP contribution in [0.3, 0.4) is 0 Å². The number of hydrogen-bond acceptors (Lipinski definition) is 5. The van der Waals surface area contributed by atoms with E-state index in [1.165, 1.54) is 6.92 Å². The third kappa shape index (κ3) is 5.20. The number of hydrogen-bond donors (Lipinski definition) is 0. The van der Waals surface area contributed by atoms with Gasteiger partial charge in [0.2, 0.25) is 0 Å². The molecule has 0 saturated heterocycles. The van der Waals surface area contributed by atoms with Gasteiger partial charge in [-0.05, 0) is 89.0 Å². The van der Waals surface area contributed by atoms with E-state index in [4.69, 9.17) is 4.42 Å². The van der Waals surface area contributed by atoms with E-state index in [9.17, 15) is 18.0 Å². The van der Waals surface area contributed by atoms with E-state index in [0.29, 0.717) is 17.3 Å². The first kappa shape index (κ1) is 22.7. The molecular weight excluding hydrogens is 400 g/mol. The van der Waals surface area contributed by atoms with Crippen LogP contribution in [0.25, 0.3) is 11.0 Å². The maximum atomic E-state index is 12.5. The molecule has 1 aliphatic carbocycles. The number of rotatable bonds is 6. The van der Waals surface area contributed by atoms with Gasteiger partial charge in [0.15, 0.2) is 15.6 Å². The van der Waals surface area contributed by atoms with Crippen molar-refractivity contribution in [2.75, 3.05) is 5.75 Å². The maximum Gasteiger partial charge on any atom is 0.347 e. The summed E-state index contributed by atoms with van der Waals surface area (Å²) in [7, 11) is -3.06. The Morgan fingerprint density at radius 2 is 1.70 bits per heavy atom. The summed E-state index contributed by atoms with van der Waals surface area (Å²) in [5, 5.41) is 0.772. The van der Waals surface area contributed by atoms with Crippen molar-refractivity contribution in [2.24, 2.45) is 11.8 Å². The van der Waals surface area contributed by atoms with Gasteiger partial charge in [0.25, 0.3) is 0 Å². The van der Waals surface area contributed by atoms with Gasteiger partial charge in [-0.25, -0.2) is 13.2 Å².